The van der Waals surface area contributed by atoms with Crippen molar-refractivity contribution in [1.29, 1.82) is 0 Å². The molecule has 1 N–H and O–H groups in total. The van der Waals surface area contributed by atoms with Crippen LogP contribution in [0.4, 0.5) is 18.9 Å². The zero-order valence-corrected chi connectivity index (χ0v) is 15.2. The number of hydrogen-bond acceptors (Lipinski definition) is 4. The van der Waals surface area contributed by atoms with Crippen LogP contribution in [0.15, 0.2) is 48.5 Å². The van der Waals surface area contributed by atoms with Gasteiger partial charge in [-0.3, -0.25) is 9.59 Å². The average Bonchev–Trinajstić information content (AvgIpc) is 2.62. The monoisotopic (exact) mass is 396 g/mol. The molecule has 28 heavy (non-hydrogen) atoms. The second-order valence-corrected chi connectivity index (χ2v) is 5.91. The molecule has 0 aliphatic carbocycles. The first-order chi connectivity index (χ1) is 13.2. The lowest BCUT2D eigenvalue weighted by Gasteiger charge is -2.17. The Morgan fingerprint density at radius 2 is 1.64 bits per heavy atom. The molecule has 0 aromatic heterocycles. The van der Waals surface area contributed by atoms with Crippen LogP contribution in [0.25, 0.3) is 0 Å². The van der Waals surface area contributed by atoms with E-state index in [1.807, 2.05) is 0 Å². The highest BCUT2D eigenvalue weighted by molar-refractivity contribution is 5.99. The standard InChI is InChI=1S/C19H19F3N2O4/c1-24(18(26)14-5-3-13(4-6-14)12-27-2)11-17(25)23-15-7-9-16(10-8-15)28-19(20,21)22/h3-10H,11-12H2,1-2H3,(H,23,25). The Kier molecular flexibility index (Phi) is 7.00. The molecule has 0 bridgehead atoms. The molecule has 0 atom stereocenters. The van der Waals surface area contributed by atoms with Gasteiger partial charge < -0.3 is 19.7 Å². The number of nitrogens with zero attached hydrogens (tertiary/aromatic N) is 1. The molecular formula is C19H19F3N2O4. The number of amides is 2. The van der Waals surface area contributed by atoms with E-state index >= 15 is 0 Å². The molecule has 0 fully saturated rings. The molecule has 2 amide bonds. The summed E-state index contributed by atoms with van der Waals surface area (Å²) < 4.78 is 45.2. The fourth-order valence-electron chi connectivity index (χ4n) is 2.36. The van der Waals surface area contributed by atoms with E-state index in [4.69, 9.17) is 4.74 Å². The van der Waals surface area contributed by atoms with E-state index in [0.29, 0.717) is 12.2 Å². The first-order valence-corrected chi connectivity index (χ1v) is 8.17. The Hall–Kier alpha value is -3.07. The van der Waals surface area contributed by atoms with Gasteiger partial charge in [0.15, 0.2) is 0 Å². The molecule has 0 spiro atoms. The highest BCUT2D eigenvalue weighted by atomic mass is 19.4. The molecule has 0 unspecified atom stereocenters. The number of anilines is 1. The van der Waals surface area contributed by atoms with Crippen molar-refractivity contribution in [2.75, 3.05) is 26.0 Å². The van der Waals surface area contributed by atoms with E-state index in [1.54, 1.807) is 31.4 Å². The molecule has 9 heteroatoms. The Morgan fingerprint density at radius 1 is 1.04 bits per heavy atom. The molecule has 0 saturated carbocycles. The number of halogens is 3. The maximum absolute atomic E-state index is 12.4. The minimum absolute atomic E-state index is 0.223. The molecule has 2 aromatic carbocycles. The van der Waals surface area contributed by atoms with Crippen LogP contribution in [0.2, 0.25) is 0 Å². The first kappa shape index (κ1) is 21.2. The molecule has 6 nitrogen and oxygen atoms in total. The van der Waals surface area contributed by atoms with Gasteiger partial charge in [-0.2, -0.15) is 0 Å². The van der Waals surface area contributed by atoms with Crippen LogP contribution in [-0.4, -0.2) is 43.8 Å². The summed E-state index contributed by atoms with van der Waals surface area (Å²) in [4.78, 5) is 25.7. The third kappa shape index (κ3) is 6.58. The number of ether oxygens (including phenoxy) is 2. The molecule has 2 aromatic rings. The maximum atomic E-state index is 12.4. The molecule has 0 radical (unpaired) electrons. The summed E-state index contributed by atoms with van der Waals surface area (Å²) in [5.41, 5.74) is 1.62. The second kappa shape index (κ2) is 9.23. The Morgan fingerprint density at radius 3 is 2.18 bits per heavy atom. The number of nitrogens with one attached hydrogen (secondary N) is 1. The van der Waals surface area contributed by atoms with E-state index in [0.717, 1.165) is 17.7 Å². The molecule has 0 aliphatic rings. The van der Waals surface area contributed by atoms with Gasteiger partial charge in [-0.15, -0.1) is 13.2 Å². The van der Waals surface area contributed by atoms with E-state index in [-0.39, 0.29) is 18.1 Å². The summed E-state index contributed by atoms with van der Waals surface area (Å²) in [6, 6.07) is 11.5. The van der Waals surface area contributed by atoms with Crippen molar-refractivity contribution < 1.29 is 32.2 Å². The summed E-state index contributed by atoms with van der Waals surface area (Å²) in [5, 5.41) is 2.51. The van der Waals surface area contributed by atoms with Crippen molar-refractivity contribution in [3.8, 4) is 5.75 Å². The van der Waals surface area contributed by atoms with Gasteiger partial charge in [0.05, 0.1) is 13.2 Å². The minimum atomic E-state index is -4.78. The highest BCUT2D eigenvalue weighted by Crippen LogP contribution is 2.23. The zero-order chi connectivity index (χ0) is 20.7. The Bertz CT molecular complexity index is 805. The third-order valence-electron chi connectivity index (χ3n) is 3.61. The van der Waals surface area contributed by atoms with Crippen molar-refractivity contribution in [1.82, 2.24) is 4.90 Å². The molecule has 150 valence electrons. The largest absolute Gasteiger partial charge is 0.573 e. The van der Waals surface area contributed by atoms with Gasteiger partial charge in [0, 0.05) is 25.4 Å². The SMILES string of the molecule is COCc1ccc(C(=O)N(C)CC(=O)Nc2ccc(OC(F)(F)F)cc2)cc1. The topological polar surface area (TPSA) is 67.9 Å². The minimum Gasteiger partial charge on any atom is -0.406 e. The number of rotatable bonds is 7. The summed E-state index contributed by atoms with van der Waals surface area (Å²) in [5.74, 6) is -1.22. The van der Waals surface area contributed by atoms with Crippen molar-refractivity contribution in [2.24, 2.45) is 0 Å². The number of hydrogen-bond donors (Lipinski definition) is 1. The number of methoxy groups -OCH3 is 1. The predicted octanol–water partition coefficient (Wildman–Crippen LogP) is 3.44. The average molecular weight is 396 g/mol. The third-order valence-corrected chi connectivity index (χ3v) is 3.61. The van der Waals surface area contributed by atoms with Crippen LogP contribution in [0.5, 0.6) is 5.75 Å². The van der Waals surface area contributed by atoms with Crippen LogP contribution in [0.1, 0.15) is 15.9 Å². The summed E-state index contributed by atoms with van der Waals surface area (Å²) in [6.45, 7) is 0.207. The van der Waals surface area contributed by atoms with Gasteiger partial charge in [-0.05, 0) is 42.0 Å². The lowest BCUT2D eigenvalue weighted by molar-refractivity contribution is -0.274. The number of alkyl halides is 3. The van der Waals surface area contributed by atoms with E-state index in [9.17, 15) is 22.8 Å². The van der Waals surface area contributed by atoms with Gasteiger partial charge in [0.25, 0.3) is 5.91 Å². The first-order valence-electron chi connectivity index (χ1n) is 8.17. The number of likely N-dealkylation sites (N-methyl/N-ethyl adjacent to an activating group) is 1. The lowest BCUT2D eigenvalue weighted by atomic mass is 10.1. The number of benzene rings is 2. The lowest BCUT2D eigenvalue weighted by Crippen LogP contribution is -2.34. The van der Waals surface area contributed by atoms with Crippen molar-refractivity contribution in [3.05, 3.63) is 59.7 Å². The quantitative estimate of drug-likeness (QED) is 0.779. The summed E-state index contributed by atoms with van der Waals surface area (Å²) >= 11 is 0. The summed E-state index contributed by atoms with van der Waals surface area (Å²) in [7, 11) is 3.05. The number of carbonyl (C=O) groups excluding carboxylic acids is 2. The van der Waals surface area contributed by atoms with Gasteiger partial charge in [0.1, 0.15) is 5.75 Å². The van der Waals surface area contributed by atoms with E-state index in [2.05, 4.69) is 10.1 Å². The molecule has 0 heterocycles. The van der Waals surface area contributed by atoms with Crippen LogP contribution in [-0.2, 0) is 16.1 Å². The fourth-order valence-corrected chi connectivity index (χ4v) is 2.36. The van der Waals surface area contributed by atoms with Crippen LogP contribution >= 0.6 is 0 Å². The van der Waals surface area contributed by atoms with Crippen molar-refractivity contribution >= 4 is 17.5 Å². The van der Waals surface area contributed by atoms with Gasteiger partial charge in [-0.25, -0.2) is 0 Å². The predicted molar refractivity (Wildman–Crippen MR) is 95.9 cm³/mol. The molecule has 0 aliphatic heterocycles. The van der Waals surface area contributed by atoms with Gasteiger partial charge >= 0.3 is 6.36 Å². The fraction of sp³-hybridized carbons (Fsp3) is 0.263. The van der Waals surface area contributed by atoms with E-state index in [1.165, 1.54) is 24.1 Å². The second-order valence-electron chi connectivity index (χ2n) is 5.91. The van der Waals surface area contributed by atoms with Crippen LogP contribution in [0, 0.1) is 0 Å². The van der Waals surface area contributed by atoms with Gasteiger partial charge in [-0.1, -0.05) is 12.1 Å². The Balaban J connectivity index is 1.90. The number of carbonyl (C=O) groups is 2. The van der Waals surface area contributed by atoms with Crippen molar-refractivity contribution in [2.45, 2.75) is 13.0 Å². The Labute approximate surface area is 159 Å². The van der Waals surface area contributed by atoms with Crippen LogP contribution in [0.3, 0.4) is 0 Å². The van der Waals surface area contributed by atoms with Crippen molar-refractivity contribution in [3.63, 3.8) is 0 Å². The highest BCUT2D eigenvalue weighted by Gasteiger charge is 2.31. The normalized spacial score (nSPS) is 11.0. The van der Waals surface area contributed by atoms with E-state index < -0.39 is 18.0 Å². The van der Waals surface area contributed by atoms with Crippen LogP contribution < -0.4 is 10.1 Å². The maximum Gasteiger partial charge on any atom is 0.573 e. The smallest absolute Gasteiger partial charge is 0.406 e. The molecular weight excluding hydrogens is 377 g/mol. The summed E-state index contributed by atoms with van der Waals surface area (Å²) in [6.07, 6.45) is -4.78. The molecule has 2 rings (SSSR count). The van der Waals surface area contributed by atoms with Gasteiger partial charge in [0.2, 0.25) is 5.91 Å². The zero-order valence-electron chi connectivity index (χ0n) is 15.2. The molecule has 0 saturated heterocycles.